The molecular formula is C24H23N5. The number of pyridine rings is 1. The van der Waals surface area contributed by atoms with Gasteiger partial charge in [0.25, 0.3) is 0 Å². The lowest BCUT2D eigenvalue weighted by atomic mass is 9.97. The molecule has 0 saturated carbocycles. The van der Waals surface area contributed by atoms with Crippen molar-refractivity contribution < 1.29 is 0 Å². The number of rotatable bonds is 3. The predicted molar refractivity (Wildman–Crippen MR) is 116 cm³/mol. The number of nitrogens with zero attached hydrogens (tertiary/aromatic N) is 4. The molecule has 0 aliphatic carbocycles. The zero-order valence-electron chi connectivity index (χ0n) is 16.5. The topological polar surface area (TPSA) is 56.4 Å². The van der Waals surface area contributed by atoms with Crippen LogP contribution >= 0.6 is 0 Å². The molecule has 5 rings (SSSR count). The van der Waals surface area contributed by atoms with Gasteiger partial charge in [0.05, 0.1) is 16.6 Å². The molecular weight excluding hydrogens is 358 g/mol. The third kappa shape index (κ3) is 2.93. The van der Waals surface area contributed by atoms with Gasteiger partial charge in [-0.05, 0) is 30.2 Å². The van der Waals surface area contributed by atoms with Gasteiger partial charge in [-0.15, -0.1) is 0 Å². The van der Waals surface area contributed by atoms with Crippen LogP contribution in [-0.2, 0) is 6.42 Å². The molecule has 1 aliphatic rings. The summed E-state index contributed by atoms with van der Waals surface area (Å²) in [6, 6.07) is 21.1. The number of nitrogens with one attached hydrogen (secondary N) is 1. The molecule has 0 bridgehead atoms. The normalized spacial score (nSPS) is 14.4. The van der Waals surface area contributed by atoms with Crippen LogP contribution in [0.2, 0.25) is 0 Å². The number of para-hydroxylation sites is 2. The van der Waals surface area contributed by atoms with Crippen LogP contribution in [-0.4, -0.2) is 35.6 Å². The highest BCUT2D eigenvalue weighted by atomic mass is 15.3. The van der Waals surface area contributed by atoms with E-state index in [2.05, 4.69) is 57.9 Å². The van der Waals surface area contributed by atoms with Crippen molar-refractivity contribution in [3.8, 4) is 6.07 Å². The first-order valence-corrected chi connectivity index (χ1v) is 10.1. The zero-order valence-corrected chi connectivity index (χ0v) is 16.5. The summed E-state index contributed by atoms with van der Waals surface area (Å²) < 4.78 is 2.21. The van der Waals surface area contributed by atoms with Crippen LogP contribution in [0.4, 0.5) is 5.82 Å². The van der Waals surface area contributed by atoms with E-state index >= 15 is 0 Å². The summed E-state index contributed by atoms with van der Waals surface area (Å²) in [5.74, 6) is 1.18. The summed E-state index contributed by atoms with van der Waals surface area (Å²) in [5.41, 5.74) is 6.92. The number of fused-ring (bicyclic) bond motifs is 3. The predicted octanol–water partition coefficient (Wildman–Crippen LogP) is 3.67. The number of hydrogen-bond acceptors (Lipinski definition) is 4. The van der Waals surface area contributed by atoms with E-state index in [0.29, 0.717) is 5.56 Å². The quantitative estimate of drug-likeness (QED) is 0.588. The Labute approximate surface area is 170 Å². The van der Waals surface area contributed by atoms with Crippen molar-refractivity contribution in [2.24, 2.45) is 0 Å². The van der Waals surface area contributed by atoms with Crippen molar-refractivity contribution in [3.63, 3.8) is 0 Å². The first kappa shape index (κ1) is 17.7. The van der Waals surface area contributed by atoms with Crippen LogP contribution in [0.25, 0.3) is 16.7 Å². The number of nitriles is 1. The molecule has 0 unspecified atom stereocenters. The molecule has 0 amide bonds. The van der Waals surface area contributed by atoms with Crippen LogP contribution in [0.5, 0.6) is 0 Å². The van der Waals surface area contributed by atoms with E-state index in [0.717, 1.165) is 54.8 Å². The molecule has 2 aromatic heterocycles. The summed E-state index contributed by atoms with van der Waals surface area (Å²) in [6.45, 7) is 5.86. The number of benzene rings is 2. The van der Waals surface area contributed by atoms with Gasteiger partial charge in [-0.3, -0.25) is 4.40 Å². The van der Waals surface area contributed by atoms with Crippen molar-refractivity contribution >= 4 is 22.5 Å². The standard InChI is InChI=1S/C24H23N5/c1-17-19(15-18-7-3-2-4-8-18)24(28-13-11-26-12-14-28)29-22-10-6-5-9-21(22)27-23(29)20(17)16-25/h2-10,26H,11-15H2,1H3. The van der Waals surface area contributed by atoms with Gasteiger partial charge in [-0.2, -0.15) is 5.26 Å². The average molecular weight is 381 g/mol. The molecule has 0 spiro atoms. The third-order valence-corrected chi connectivity index (χ3v) is 5.85. The van der Waals surface area contributed by atoms with Crippen LogP contribution in [0.1, 0.15) is 22.3 Å². The fourth-order valence-corrected chi connectivity index (χ4v) is 4.38. The maximum atomic E-state index is 10.0. The summed E-state index contributed by atoms with van der Waals surface area (Å²) in [4.78, 5) is 7.30. The van der Waals surface area contributed by atoms with E-state index in [-0.39, 0.29) is 0 Å². The minimum absolute atomic E-state index is 0.672. The van der Waals surface area contributed by atoms with Crippen molar-refractivity contribution in [2.45, 2.75) is 13.3 Å². The van der Waals surface area contributed by atoms with E-state index in [1.807, 2.05) is 24.3 Å². The molecule has 5 nitrogen and oxygen atoms in total. The molecule has 144 valence electrons. The Kier molecular flexibility index (Phi) is 4.42. The van der Waals surface area contributed by atoms with E-state index in [9.17, 15) is 5.26 Å². The summed E-state index contributed by atoms with van der Waals surface area (Å²) in [6.07, 6.45) is 0.795. The van der Waals surface area contributed by atoms with Crippen molar-refractivity contribution in [1.29, 1.82) is 5.26 Å². The Bertz CT molecular complexity index is 1230. The number of imidazole rings is 1. The van der Waals surface area contributed by atoms with E-state index in [4.69, 9.17) is 4.98 Å². The molecule has 0 atom stereocenters. The van der Waals surface area contributed by atoms with E-state index in [1.165, 1.54) is 16.9 Å². The minimum atomic E-state index is 0.672. The maximum Gasteiger partial charge on any atom is 0.157 e. The molecule has 1 aliphatic heterocycles. The van der Waals surface area contributed by atoms with Gasteiger partial charge < -0.3 is 10.2 Å². The second-order valence-corrected chi connectivity index (χ2v) is 7.57. The first-order valence-electron chi connectivity index (χ1n) is 10.1. The highest BCUT2D eigenvalue weighted by Gasteiger charge is 2.25. The van der Waals surface area contributed by atoms with Crippen molar-refractivity contribution in [2.75, 3.05) is 31.1 Å². The van der Waals surface area contributed by atoms with Crippen LogP contribution in [0.15, 0.2) is 54.6 Å². The molecule has 1 N–H and O–H groups in total. The lowest BCUT2D eigenvalue weighted by Crippen LogP contribution is -2.44. The van der Waals surface area contributed by atoms with Crippen molar-refractivity contribution in [1.82, 2.24) is 14.7 Å². The fraction of sp³-hybridized carbons (Fsp3) is 0.250. The smallest absolute Gasteiger partial charge is 0.157 e. The Morgan fingerprint density at radius 2 is 1.76 bits per heavy atom. The Hall–Kier alpha value is -3.36. The summed E-state index contributed by atoms with van der Waals surface area (Å²) >= 11 is 0. The maximum absolute atomic E-state index is 10.0. The summed E-state index contributed by atoms with van der Waals surface area (Å²) in [7, 11) is 0. The minimum Gasteiger partial charge on any atom is -0.355 e. The first-order chi connectivity index (χ1) is 14.3. The number of piperazine rings is 1. The molecule has 0 radical (unpaired) electrons. The zero-order chi connectivity index (χ0) is 19.8. The van der Waals surface area contributed by atoms with Crippen LogP contribution in [0, 0.1) is 18.3 Å². The van der Waals surface area contributed by atoms with Gasteiger partial charge in [0.15, 0.2) is 5.65 Å². The van der Waals surface area contributed by atoms with Gasteiger partial charge in [-0.1, -0.05) is 42.5 Å². The lowest BCUT2D eigenvalue weighted by molar-refractivity contribution is 0.582. The molecule has 1 saturated heterocycles. The highest BCUT2D eigenvalue weighted by molar-refractivity contribution is 5.86. The Morgan fingerprint density at radius 1 is 1.03 bits per heavy atom. The van der Waals surface area contributed by atoms with Gasteiger partial charge in [0.2, 0.25) is 0 Å². The van der Waals surface area contributed by atoms with Crippen LogP contribution < -0.4 is 10.2 Å². The monoisotopic (exact) mass is 381 g/mol. The number of aromatic nitrogens is 2. The molecule has 3 heterocycles. The molecule has 2 aromatic carbocycles. The third-order valence-electron chi connectivity index (χ3n) is 5.85. The Balaban J connectivity index is 1.86. The van der Waals surface area contributed by atoms with E-state index < -0.39 is 0 Å². The van der Waals surface area contributed by atoms with E-state index in [1.54, 1.807) is 0 Å². The number of anilines is 1. The molecule has 1 fully saturated rings. The molecule has 4 aromatic rings. The largest absolute Gasteiger partial charge is 0.355 e. The fourth-order valence-electron chi connectivity index (χ4n) is 4.38. The lowest BCUT2D eigenvalue weighted by Gasteiger charge is -2.33. The van der Waals surface area contributed by atoms with Gasteiger partial charge >= 0.3 is 0 Å². The summed E-state index contributed by atoms with van der Waals surface area (Å²) in [5, 5.41) is 13.5. The van der Waals surface area contributed by atoms with Gasteiger partial charge in [0.1, 0.15) is 11.9 Å². The SMILES string of the molecule is Cc1c(Cc2ccccc2)c(N2CCNCC2)n2c(nc3ccccc32)c1C#N. The number of hydrogen-bond donors (Lipinski definition) is 1. The van der Waals surface area contributed by atoms with Crippen LogP contribution in [0.3, 0.4) is 0 Å². The highest BCUT2D eigenvalue weighted by Crippen LogP contribution is 2.34. The van der Waals surface area contributed by atoms with Crippen molar-refractivity contribution in [3.05, 3.63) is 76.9 Å². The molecule has 29 heavy (non-hydrogen) atoms. The Morgan fingerprint density at radius 3 is 2.52 bits per heavy atom. The van der Waals surface area contributed by atoms with Gasteiger partial charge in [0, 0.05) is 38.2 Å². The second-order valence-electron chi connectivity index (χ2n) is 7.57. The van der Waals surface area contributed by atoms with Gasteiger partial charge in [-0.25, -0.2) is 4.98 Å². The average Bonchev–Trinajstić information content (AvgIpc) is 3.15. The second kappa shape index (κ2) is 7.23. The molecule has 5 heteroatoms.